The third-order valence-electron chi connectivity index (χ3n) is 4.52. The number of carbonyl (C=O) groups excluding carboxylic acids is 1. The van der Waals surface area contributed by atoms with Crippen molar-refractivity contribution in [2.75, 3.05) is 31.1 Å². The Bertz CT molecular complexity index is 1010. The van der Waals surface area contributed by atoms with Gasteiger partial charge in [-0.1, -0.05) is 12.1 Å². The van der Waals surface area contributed by atoms with Crippen molar-refractivity contribution in [3.63, 3.8) is 0 Å². The Kier molecular flexibility index (Phi) is 5.47. The number of fused-ring (bicyclic) bond motifs is 1. The maximum absolute atomic E-state index is 12.5. The van der Waals surface area contributed by atoms with Crippen LogP contribution in [0.25, 0.3) is 0 Å². The number of anilines is 2. The van der Waals surface area contributed by atoms with E-state index < -0.39 is 0 Å². The summed E-state index contributed by atoms with van der Waals surface area (Å²) in [4.78, 5) is 16.7. The molecule has 4 rings (SSSR count). The molecule has 0 radical (unpaired) electrons. The highest BCUT2D eigenvalue weighted by molar-refractivity contribution is 6.03. The van der Waals surface area contributed by atoms with Crippen LogP contribution < -0.4 is 24.8 Å². The van der Waals surface area contributed by atoms with E-state index in [2.05, 4.69) is 15.6 Å². The molecule has 2 aromatic carbocycles. The van der Waals surface area contributed by atoms with Crippen molar-refractivity contribution in [2.24, 2.45) is 0 Å². The van der Waals surface area contributed by atoms with Crippen molar-refractivity contribution >= 4 is 17.3 Å². The Labute approximate surface area is 168 Å². The summed E-state index contributed by atoms with van der Waals surface area (Å²) in [6, 6.07) is 16.8. The van der Waals surface area contributed by atoms with E-state index in [-0.39, 0.29) is 12.7 Å². The summed E-state index contributed by atoms with van der Waals surface area (Å²) in [5.41, 5.74) is 2.99. The van der Waals surface area contributed by atoms with Gasteiger partial charge in [-0.15, -0.1) is 0 Å². The molecule has 2 N–H and O–H groups in total. The molecular weight excluding hydrogens is 370 g/mol. The van der Waals surface area contributed by atoms with Crippen LogP contribution in [-0.2, 0) is 6.42 Å². The molecule has 7 nitrogen and oxygen atoms in total. The van der Waals surface area contributed by atoms with Crippen molar-refractivity contribution in [1.29, 1.82) is 0 Å². The maximum Gasteiger partial charge on any atom is 0.274 e. The van der Waals surface area contributed by atoms with Gasteiger partial charge >= 0.3 is 0 Å². The van der Waals surface area contributed by atoms with Crippen LogP contribution in [0.1, 0.15) is 16.1 Å². The molecular formula is C22H21N3O4. The lowest BCUT2D eigenvalue weighted by molar-refractivity contribution is 0.102. The topological polar surface area (TPSA) is 81.7 Å². The lowest BCUT2D eigenvalue weighted by Crippen LogP contribution is -2.14. The molecule has 3 aromatic rings. The average Bonchev–Trinajstić information content (AvgIpc) is 3.22. The number of nitrogens with one attached hydrogen (secondary N) is 2. The molecule has 0 saturated carbocycles. The number of nitrogens with zero attached hydrogens (tertiary/aromatic N) is 1. The SMILES string of the molecule is COc1ccc(CCNc2ccnc(C(=O)Nc3ccc4c(c3)OCO4)c2)cc1. The maximum atomic E-state index is 12.5. The van der Waals surface area contributed by atoms with Crippen LogP contribution in [0.2, 0.25) is 0 Å². The Morgan fingerprint density at radius 1 is 1.03 bits per heavy atom. The molecule has 1 aliphatic heterocycles. The number of aromatic nitrogens is 1. The largest absolute Gasteiger partial charge is 0.497 e. The Morgan fingerprint density at radius 2 is 1.86 bits per heavy atom. The zero-order chi connectivity index (χ0) is 20.1. The van der Waals surface area contributed by atoms with E-state index >= 15 is 0 Å². The van der Waals surface area contributed by atoms with Crippen molar-refractivity contribution < 1.29 is 19.0 Å². The first-order chi connectivity index (χ1) is 14.2. The molecule has 1 aliphatic rings. The van der Waals surface area contributed by atoms with Gasteiger partial charge in [-0.3, -0.25) is 9.78 Å². The average molecular weight is 391 g/mol. The van der Waals surface area contributed by atoms with Crippen LogP contribution in [0.4, 0.5) is 11.4 Å². The van der Waals surface area contributed by atoms with Crippen molar-refractivity contribution in [1.82, 2.24) is 4.98 Å². The molecule has 29 heavy (non-hydrogen) atoms. The minimum absolute atomic E-state index is 0.193. The lowest BCUT2D eigenvalue weighted by atomic mass is 10.1. The molecule has 0 atom stereocenters. The summed E-state index contributed by atoms with van der Waals surface area (Å²) in [5.74, 6) is 1.84. The predicted octanol–water partition coefficient (Wildman–Crippen LogP) is 3.73. The van der Waals surface area contributed by atoms with Crippen molar-refractivity contribution in [3.05, 3.63) is 72.1 Å². The fourth-order valence-electron chi connectivity index (χ4n) is 2.98. The van der Waals surface area contributed by atoms with E-state index in [4.69, 9.17) is 14.2 Å². The van der Waals surface area contributed by atoms with Gasteiger partial charge in [-0.05, 0) is 48.4 Å². The monoisotopic (exact) mass is 391 g/mol. The Balaban J connectivity index is 1.34. The van der Waals surface area contributed by atoms with Gasteiger partial charge in [0.2, 0.25) is 6.79 Å². The first kappa shape index (κ1) is 18.6. The predicted molar refractivity (Wildman–Crippen MR) is 110 cm³/mol. The zero-order valence-electron chi connectivity index (χ0n) is 16.0. The van der Waals surface area contributed by atoms with Gasteiger partial charge in [0.1, 0.15) is 11.4 Å². The van der Waals surface area contributed by atoms with Crippen LogP contribution >= 0.6 is 0 Å². The number of methoxy groups -OCH3 is 1. The smallest absolute Gasteiger partial charge is 0.274 e. The summed E-state index contributed by atoms with van der Waals surface area (Å²) in [5, 5.41) is 6.16. The fraction of sp³-hybridized carbons (Fsp3) is 0.182. The standard InChI is InChI=1S/C22H21N3O4/c1-27-18-5-2-15(3-6-18)8-10-23-16-9-11-24-19(12-16)22(26)25-17-4-7-20-21(13-17)29-14-28-20/h2-7,9,11-13H,8,10,14H2,1H3,(H,23,24)(H,25,26). The van der Waals surface area contributed by atoms with Gasteiger partial charge in [0.05, 0.1) is 7.11 Å². The van der Waals surface area contributed by atoms with E-state index in [1.807, 2.05) is 30.3 Å². The van der Waals surface area contributed by atoms with Crippen LogP contribution in [0, 0.1) is 0 Å². The second kappa shape index (κ2) is 8.52. The molecule has 1 amide bonds. The highest BCUT2D eigenvalue weighted by Gasteiger charge is 2.15. The number of carbonyl (C=O) groups is 1. The molecule has 0 unspecified atom stereocenters. The summed E-state index contributed by atoms with van der Waals surface area (Å²) in [6.45, 7) is 0.929. The normalized spacial score (nSPS) is 11.8. The Hall–Kier alpha value is -3.74. The summed E-state index contributed by atoms with van der Waals surface area (Å²) in [6.07, 6.45) is 2.47. The number of rotatable bonds is 7. The number of benzene rings is 2. The molecule has 0 aliphatic carbocycles. The molecule has 0 bridgehead atoms. The molecule has 0 spiro atoms. The zero-order valence-corrected chi connectivity index (χ0v) is 16.0. The number of hydrogen-bond acceptors (Lipinski definition) is 6. The van der Waals surface area contributed by atoms with Crippen molar-refractivity contribution in [2.45, 2.75) is 6.42 Å². The quantitative estimate of drug-likeness (QED) is 0.639. The Morgan fingerprint density at radius 3 is 2.69 bits per heavy atom. The van der Waals surface area contributed by atoms with Crippen LogP contribution in [0.15, 0.2) is 60.8 Å². The molecule has 1 aromatic heterocycles. The number of pyridine rings is 1. The van der Waals surface area contributed by atoms with E-state index in [1.54, 1.807) is 37.6 Å². The van der Waals surface area contributed by atoms with E-state index in [0.29, 0.717) is 22.9 Å². The van der Waals surface area contributed by atoms with Gasteiger partial charge in [-0.2, -0.15) is 0 Å². The van der Waals surface area contributed by atoms with Gasteiger partial charge in [0, 0.05) is 30.2 Å². The van der Waals surface area contributed by atoms with Crippen LogP contribution in [-0.4, -0.2) is 31.3 Å². The van der Waals surface area contributed by atoms with Gasteiger partial charge in [0.25, 0.3) is 5.91 Å². The van der Waals surface area contributed by atoms with Crippen LogP contribution in [0.3, 0.4) is 0 Å². The van der Waals surface area contributed by atoms with Crippen LogP contribution in [0.5, 0.6) is 17.2 Å². The fourth-order valence-corrected chi connectivity index (χ4v) is 2.98. The van der Waals surface area contributed by atoms with Gasteiger partial charge < -0.3 is 24.8 Å². The van der Waals surface area contributed by atoms with E-state index in [1.165, 1.54) is 5.56 Å². The second-order valence-corrected chi connectivity index (χ2v) is 6.48. The minimum Gasteiger partial charge on any atom is -0.497 e. The summed E-state index contributed by atoms with van der Waals surface area (Å²) >= 11 is 0. The lowest BCUT2D eigenvalue weighted by Gasteiger charge is -2.09. The summed E-state index contributed by atoms with van der Waals surface area (Å²) in [7, 11) is 1.65. The first-order valence-electron chi connectivity index (χ1n) is 9.25. The highest BCUT2D eigenvalue weighted by Crippen LogP contribution is 2.34. The van der Waals surface area contributed by atoms with E-state index in [0.717, 1.165) is 24.4 Å². The molecule has 2 heterocycles. The molecule has 7 heteroatoms. The first-order valence-corrected chi connectivity index (χ1v) is 9.25. The molecule has 148 valence electrons. The molecule has 0 saturated heterocycles. The third-order valence-corrected chi connectivity index (χ3v) is 4.52. The van der Waals surface area contributed by atoms with Crippen molar-refractivity contribution in [3.8, 4) is 17.2 Å². The van der Waals surface area contributed by atoms with E-state index in [9.17, 15) is 4.79 Å². The highest BCUT2D eigenvalue weighted by atomic mass is 16.7. The number of amides is 1. The van der Waals surface area contributed by atoms with Gasteiger partial charge in [-0.25, -0.2) is 0 Å². The van der Waals surface area contributed by atoms with Gasteiger partial charge in [0.15, 0.2) is 11.5 Å². The number of hydrogen-bond donors (Lipinski definition) is 2. The third kappa shape index (κ3) is 4.57. The number of ether oxygens (including phenoxy) is 3. The summed E-state index contributed by atoms with van der Waals surface area (Å²) < 4.78 is 15.8. The minimum atomic E-state index is -0.289. The molecule has 0 fully saturated rings. The second-order valence-electron chi connectivity index (χ2n) is 6.48.